The quantitative estimate of drug-likeness (QED) is 0.289. The van der Waals surface area contributed by atoms with Gasteiger partial charge in [-0.3, -0.25) is 4.99 Å². The van der Waals surface area contributed by atoms with Gasteiger partial charge in [-0.2, -0.15) is 4.98 Å². The van der Waals surface area contributed by atoms with Gasteiger partial charge in [-0.15, -0.1) is 24.0 Å². The number of benzene rings is 2. The summed E-state index contributed by atoms with van der Waals surface area (Å²) in [5.74, 6) is 2.05. The van der Waals surface area contributed by atoms with Crippen LogP contribution >= 0.6 is 35.6 Å². The third kappa shape index (κ3) is 5.59. The highest BCUT2D eigenvalue weighted by Crippen LogP contribution is 2.27. The van der Waals surface area contributed by atoms with Crippen molar-refractivity contribution in [2.24, 2.45) is 4.99 Å². The smallest absolute Gasteiger partial charge is 0.246 e. The maximum Gasteiger partial charge on any atom is 0.246 e. The maximum absolute atomic E-state index is 10.1. The lowest BCUT2D eigenvalue weighted by Crippen LogP contribution is -2.52. The molecule has 0 amide bonds. The van der Waals surface area contributed by atoms with Crippen LogP contribution in [-0.2, 0) is 6.54 Å². The van der Waals surface area contributed by atoms with Crippen molar-refractivity contribution in [1.82, 2.24) is 20.4 Å². The van der Waals surface area contributed by atoms with E-state index in [0.29, 0.717) is 29.0 Å². The predicted octanol–water partition coefficient (Wildman–Crippen LogP) is 3.61. The molecule has 0 spiro atoms. The van der Waals surface area contributed by atoms with Crippen LogP contribution in [0.5, 0.6) is 5.75 Å². The van der Waals surface area contributed by atoms with Gasteiger partial charge in [0, 0.05) is 43.8 Å². The summed E-state index contributed by atoms with van der Waals surface area (Å²) in [7, 11) is 1.75. The van der Waals surface area contributed by atoms with Gasteiger partial charge >= 0.3 is 0 Å². The SMILES string of the molecule is CN=C(NCc1nc(-c2cccc(Cl)c2)no1)N1CCN(c2ccccc2O)CC1.I. The lowest BCUT2D eigenvalue weighted by Gasteiger charge is -2.37. The molecule has 0 radical (unpaired) electrons. The Morgan fingerprint density at radius 2 is 1.94 bits per heavy atom. The van der Waals surface area contributed by atoms with Crippen molar-refractivity contribution < 1.29 is 9.63 Å². The van der Waals surface area contributed by atoms with Crippen molar-refractivity contribution in [3.63, 3.8) is 0 Å². The van der Waals surface area contributed by atoms with Crippen LogP contribution < -0.4 is 10.2 Å². The Hall–Kier alpha value is -2.53. The first kappa shape index (κ1) is 23.1. The third-order valence-corrected chi connectivity index (χ3v) is 5.20. The molecule has 2 N–H and O–H groups in total. The molecule has 1 aliphatic heterocycles. The molecule has 0 unspecified atom stereocenters. The number of nitrogens with zero attached hydrogens (tertiary/aromatic N) is 5. The molecule has 8 nitrogen and oxygen atoms in total. The summed E-state index contributed by atoms with van der Waals surface area (Å²) >= 11 is 6.03. The van der Waals surface area contributed by atoms with Crippen molar-refractivity contribution in [3.8, 4) is 17.1 Å². The van der Waals surface area contributed by atoms with Gasteiger partial charge in [0.15, 0.2) is 5.96 Å². The number of guanidine groups is 1. The second-order valence-corrected chi connectivity index (χ2v) is 7.32. The monoisotopic (exact) mass is 554 g/mol. The van der Waals surface area contributed by atoms with E-state index in [-0.39, 0.29) is 24.0 Å². The summed E-state index contributed by atoms with van der Waals surface area (Å²) < 4.78 is 5.35. The number of para-hydroxylation sites is 2. The van der Waals surface area contributed by atoms with E-state index in [1.807, 2.05) is 30.3 Å². The Labute approximate surface area is 202 Å². The summed E-state index contributed by atoms with van der Waals surface area (Å²) in [5.41, 5.74) is 1.67. The highest BCUT2D eigenvalue weighted by molar-refractivity contribution is 14.0. The van der Waals surface area contributed by atoms with Gasteiger partial charge in [-0.1, -0.05) is 41.0 Å². The molecule has 1 aromatic heterocycles. The molecule has 0 aliphatic carbocycles. The fourth-order valence-electron chi connectivity index (χ4n) is 3.45. The van der Waals surface area contributed by atoms with Crippen LogP contribution in [-0.4, -0.2) is 59.3 Å². The number of phenols is 1. The van der Waals surface area contributed by atoms with Crippen LogP contribution in [0.25, 0.3) is 11.4 Å². The molecule has 0 atom stereocenters. The van der Waals surface area contributed by atoms with Gasteiger partial charge in [-0.25, -0.2) is 0 Å². The number of anilines is 1. The summed E-state index contributed by atoms with van der Waals surface area (Å²) in [6.45, 7) is 3.52. The van der Waals surface area contributed by atoms with Crippen molar-refractivity contribution in [2.75, 3.05) is 38.1 Å². The van der Waals surface area contributed by atoms with Crippen LogP contribution in [0, 0.1) is 0 Å². The maximum atomic E-state index is 10.1. The highest BCUT2D eigenvalue weighted by Gasteiger charge is 2.21. The largest absolute Gasteiger partial charge is 0.506 e. The number of phenolic OH excluding ortho intramolecular Hbond substituents is 1. The molecule has 2 heterocycles. The fourth-order valence-corrected chi connectivity index (χ4v) is 3.64. The number of rotatable bonds is 4. The molecule has 0 saturated carbocycles. The Morgan fingerprint density at radius 3 is 2.65 bits per heavy atom. The number of aromatic nitrogens is 2. The van der Waals surface area contributed by atoms with Crippen LogP contribution in [0.3, 0.4) is 0 Å². The van der Waals surface area contributed by atoms with E-state index in [0.717, 1.165) is 43.4 Å². The van der Waals surface area contributed by atoms with Crippen molar-refractivity contribution in [2.45, 2.75) is 6.54 Å². The number of piperazine rings is 1. The molecule has 1 fully saturated rings. The first-order valence-electron chi connectivity index (χ1n) is 9.71. The van der Waals surface area contributed by atoms with Gasteiger partial charge < -0.3 is 24.7 Å². The van der Waals surface area contributed by atoms with Gasteiger partial charge in [0.2, 0.25) is 11.7 Å². The zero-order valence-corrected chi connectivity index (χ0v) is 20.1. The number of nitrogens with one attached hydrogen (secondary N) is 1. The molecule has 1 aliphatic rings. The summed E-state index contributed by atoms with van der Waals surface area (Å²) in [6.07, 6.45) is 0. The number of hydrogen-bond acceptors (Lipinski definition) is 6. The van der Waals surface area contributed by atoms with Gasteiger partial charge in [0.1, 0.15) is 5.75 Å². The molecule has 164 valence electrons. The molecule has 4 rings (SSSR count). The van der Waals surface area contributed by atoms with E-state index >= 15 is 0 Å². The summed E-state index contributed by atoms with van der Waals surface area (Å²) in [5, 5.41) is 18.0. The van der Waals surface area contributed by atoms with Gasteiger partial charge in [0.25, 0.3) is 0 Å². The molecule has 31 heavy (non-hydrogen) atoms. The lowest BCUT2D eigenvalue weighted by atomic mass is 10.2. The standard InChI is InChI=1S/C21H23ClN6O2.HI/c1-23-21(28-11-9-27(10-12-28)17-7-2-3-8-18(17)29)24-14-19-25-20(26-30-19)15-5-4-6-16(22)13-15;/h2-8,13,29H,9-12,14H2,1H3,(H,23,24);1H. The number of halogens is 2. The average molecular weight is 555 g/mol. The van der Waals surface area contributed by atoms with E-state index in [1.165, 1.54) is 0 Å². The third-order valence-electron chi connectivity index (χ3n) is 4.96. The first-order valence-corrected chi connectivity index (χ1v) is 10.1. The van der Waals surface area contributed by atoms with Gasteiger partial charge in [0.05, 0.1) is 12.2 Å². The fraction of sp³-hybridized carbons (Fsp3) is 0.286. The van der Waals surface area contributed by atoms with E-state index < -0.39 is 0 Å². The average Bonchev–Trinajstić information content (AvgIpc) is 3.24. The van der Waals surface area contributed by atoms with Crippen molar-refractivity contribution in [3.05, 3.63) is 59.4 Å². The normalized spacial score (nSPS) is 14.3. The summed E-state index contributed by atoms with van der Waals surface area (Å²) in [4.78, 5) is 13.1. The second-order valence-electron chi connectivity index (χ2n) is 6.89. The molecule has 2 aromatic carbocycles. The topological polar surface area (TPSA) is 90.0 Å². The summed E-state index contributed by atoms with van der Waals surface area (Å²) in [6, 6.07) is 14.7. The van der Waals surface area contributed by atoms with Crippen LogP contribution in [0.2, 0.25) is 5.02 Å². The highest BCUT2D eigenvalue weighted by atomic mass is 127. The van der Waals surface area contributed by atoms with Crippen LogP contribution in [0.1, 0.15) is 5.89 Å². The number of aliphatic imine (C=N–C) groups is 1. The number of aromatic hydroxyl groups is 1. The molecule has 1 saturated heterocycles. The van der Waals surface area contributed by atoms with E-state index in [2.05, 4.69) is 30.2 Å². The van der Waals surface area contributed by atoms with E-state index in [9.17, 15) is 5.11 Å². The number of hydrogen-bond donors (Lipinski definition) is 2. The molecular weight excluding hydrogens is 531 g/mol. The lowest BCUT2D eigenvalue weighted by molar-refractivity contribution is 0.354. The van der Waals surface area contributed by atoms with Crippen LogP contribution in [0.15, 0.2) is 58.0 Å². The predicted molar refractivity (Wildman–Crippen MR) is 132 cm³/mol. The molecule has 10 heteroatoms. The van der Waals surface area contributed by atoms with Crippen LogP contribution in [0.4, 0.5) is 5.69 Å². The molecule has 0 bridgehead atoms. The van der Waals surface area contributed by atoms with E-state index in [4.69, 9.17) is 16.1 Å². The minimum atomic E-state index is 0. The molecule has 3 aromatic rings. The van der Waals surface area contributed by atoms with Gasteiger partial charge in [-0.05, 0) is 24.3 Å². The first-order chi connectivity index (χ1) is 14.6. The Morgan fingerprint density at radius 1 is 1.16 bits per heavy atom. The van der Waals surface area contributed by atoms with Crippen molar-refractivity contribution in [1.29, 1.82) is 0 Å². The minimum Gasteiger partial charge on any atom is -0.506 e. The van der Waals surface area contributed by atoms with E-state index in [1.54, 1.807) is 25.2 Å². The zero-order valence-electron chi connectivity index (χ0n) is 17.0. The minimum absolute atomic E-state index is 0. The molecular formula is C21H24ClIN6O2. The Balaban J connectivity index is 0.00000272. The van der Waals surface area contributed by atoms with Crippen molar-refractivity contribution >= 4 is 47.2 Å². The Kier molecular flexibility index (Phi) is 7.97. The second kappa shape index (κ2) is 10.7. The zero-order chi connectivity index (χ0) is 20.9. The Bertz CT molecular complexity index is 1040.